The van der Waals surface area contributed by atoms with Crippen LogP contribution < -0.4 is 31.7 Å². The van der Waals surface area contributed by atoms with Crippen molar-refractivity contribution in [3.8, 4) is 11.1 Å². The first-order valence-electron chi connectivity index (χ1n) is 14.4. The van der Waals surface area contributed by atoms with Gasteiger partial charge in [0.2, 0.25) is 0 Å². The van der Waals surface area contributed by atoms with E-state index in [0.717, 1.165) is 77.4 Å². The average Bonchev–Trinajstić information content (AvgIpc) is 3.35. The number of carbonyl (C=O) groups is 1. The molecule has 42 heavy (non-hydrogen) atoms. The molecule has 2 aliphatic heterocycles. The van der Waals surface area contributed by atoms with E-state index in [1.165, 1.54) is 0 Å². The highest BCUT2D eigenvalue weighted by molar-refractivity contribution is 6.09. The second-order valence-corrected chi connectivity index (χ2v) is 10.7. The predicted molar refractivity (Wildman–Crippen MR) is 169 cm³/mol. The number of amides is 2. The minimum absolute atomic E-state index is 0.301. The van der Waals surface area contributed by atoms with Gasteiger partial charge in [-0.2, -0.15) is 0 Å². The number of likely N-dealkylation sites (N-methyl/N-ethyl adjacent to an activating group) is 2. The SMILES string of the molecule is CNN1CC(NC)(NC)c2cc(NC(=O)Nc3ccc(-c4ccc(CN5CCOCC5)nc4)c4ccccc34)ccc21. The fourth-order valence-electron chi connectivity index (χ4n) is 5.96. The summed E-state index contributed by atoms with van der Waals surface area (Å²) >= 11 is 0. The van der Waals surface area contributed by atoms with Crippen LogP contribution in [0.4, 0.5) is 21.9 Å². The Kier molecular flexibility index (Phi) is 8.05. The molecule has 3 heterocycles. The zero-order valence-electron chi connectivity index (χ0n) is 24.3. The fraction of sp³-hybridized carbons (Fsp3) is 0.312. The third-order valence-corrected chi connectivity index (χ3v) is 8.32. The number of ether oxygens (including phenoxy) is 1. The van der Waals surface area contributed by atoms with Gasteiger partial charge < -0.3 is 20.4 Å². The average molecular weight is 567 g/mol. The molecule has 0 radical (unpaired) electrons. The monoisotopic (exact) mass is 566 g/mol. The van der Waals surface area contributed by atoms with Gasteiger partial charge in [-0.1, -0.05) is 36.4 Å². The molecule has 0 unspecified atom stereocenters. The number of nitrogens with one attached hydrogen (secondary N) is 5. The first-order valence-corrected chi connectivity index (χ1v) is 14.4. The Hall–Kier alpha value is -4.06. The third-order valence-electron chi connectivity index (χ3n) is 8.32. The number of urea groups is 1. The number of aromatic nitrogens is 1. The van der Waals surface area contributed by atoms with Crippen molar-refractivity contribution in [3.63, 3.8) is 0 Å². The third kappa shape index (κ3) is 5.42. The quantitative estimate of drug-likeness (QED) is 0.205. The molecule has 0 bridgehead atoms. The van der Waals surface area contributed by atoms with E-state index in [0.29, 0.717) is 12.2 Å². The van der Waals surface area contributed by atoms with E-state index in [4.69, 9.17) is 9.72 Å². The van der Waals surface area contributed by atoms with Gasteiger partial charge in [0.05, 0.1) is 36.8 Å². The maximum atomic E-state index is 13.2. The normalized spacial score (nSPS) is 16.4. The second-order valence-electron chi connectivity index (χ2n) is 10.7. The van der Waals surface area contributed by atoms with Gasteiger partial charge in [0, 0.05) is 55.1 Å². The zero-order valence-corrected chi connectivity index (χ0v) is 24.3. The number of rotatable bonds is 8. The Morgan fingerprint density at radius 2 is 1.71 bits per heavy atom. The zero-order chi connectivity index (χ0) is 29.1. The van der Waals surface area contributed by atoms with Crippen molar-refractivity contribution >= 4 is 33.9 Å². The molecule has 0 saturated carbocycles. The van der Waals surface area contributed by atoms with Crippen LogP contribution in [-0.2, 0) is 16.9 Å². The van der Waals surface area contributed by atoms with E-state index in [9.17, 15) is 4.79 Å². The largest absolute Gasteiger partial charge is 0.379 e. The number of anilines is 3. The summed E-state index contributed by atoms with van der Waals surface area (Å²) in [5.41, 5.74) is 9.52. The molecular formula is C32H38N8O2. The number of nitrogens with zero attached hydrogens (tertiary/aromatic N) is 3. The molecule has 2 amide bonds. The highest BCUT2D eigenvalue weighted by Gasteiger charge is 2.40. The van der Waals surface area contributed by atoms with Crippen molar-refractivity contribution in [2.45, 2.75) is 12.2 Å². The molecule has 218 valence electrons. The van der Waals surface area contributed by atoms with Gasteiger partial charge in [-0.05, 0) is 55.4 Å². The summed E-state index contributed by atoms with van der Waals surface area (Å²) < 4.78 is 5.46. The Balaban J connectivity index is 1.20. The van der Waals surface area contributed by atoms with Crippen LogP contribution in [0.25, 0.3) is 21.9 Å². The fourth-order valence-corrected chi connectivity index (χ4v) is 5.96. The summed E-state index contributed by atoms with van der Waals surface area (Å²) in [6, 6.07) is 22.0. The predicted octanol–water partition coefficient (Wildman–Crippen LogP) is 3.92. The van der Waals surface area contributed by atoms with Gasteiger partial charge in [-0.25, -0.2) is 10.2 Å². The lowest BCUT2D eigenvalue weighted by molar-refractivity contribution is 0.0336. The summed E-state index contributed by atoms with van der Waals surface area (Å²) in [7, 11) is 5.76. The minimum atomic E-state index is -0.436. The van der Waals surface area contributed by atoms with Crippen molar-refractivity contribution in [2.75, 3.05) is 69.6 Å². The molecule has 5 N–H and O–H groups in total. The van der Waals surface area contributed by atoms with Crippen LogP contribution in [0.1, 0.15) is 11.3 Å². The highest BCUT2D eigenvalue weighted by atomic mass is 16.5. The minimum Gasteiger partial charge on any atom is -0.379 e. The highest BCUT2D eigenvalue weighted by Crippen LogP contribution is 2.38. The van der Waals surface area contributed by atoms with E-state index in [-0.39, 0.29) is 6.03 Å². The number of hydrogen-bond donors (Lipinski definition) is 5. The summed E-state index contributed by atoms with van der Waals surface area (Å²) in [6.07, 6.45) is 1.94. The van der Waals surface area contributed by atoms with Gasteiger partial charge in [-0.15, -0.1) is 0 Å². The molecule has 3 aromatic carbocycles. The molecule has 0 aliphatic carbocycles. The molecule has 1 saturated heterocycles. The molecular weight excluding hydrogens is 528 g/mol. The summed E-state index contributed by atoms with van der Waals surface area (Å²) in [5, 5.41) is 17.0. The molecule has 4 aromatic rings. The van der Waals surface area contributed by atoms with E-state index >= 15 is 0 Å². The lowest BCUT2D eigenvalue weighted by atomic mass is 9.98. The van der Waals surface area contributed by atoms with E-state index < -0.39 is 5.66 Å². The molecule has 1 aromatic heterocycles. The van der Waals surface area contributed by atoms with Crippen LogP contribution in [0, 0.1) is 0 Å². The number of morpholine rings is 1. The summed E-state index contributed by atoms with van der Waals surface area (Å²) in [6.45, 7) is 4.95. The molecule has 2 aliphatic rings. The number of pyridine rings is 1. The summed E-state index contributed by atoms with van der Waals surface area (Å²) in [4.78, 5) is 20.3. The number of carbonyl (C=O) groups excluding carboxylic acids is 1. The number of benzene rings is 3. The first-order chi connectivity index (χ1) is 20.5. The lowest BCUT2D eigenvalue weighted by Crippen LogP contribution is -2.55. The molecule has 0 atom stereocenters. The number of fused-ring (bicyclic) bond motifs is 2. The number of hydrazine groups is 1. The van der Waals surface area contributed by atoms with Crippen molar-refractivity contribution in [1.29, 1.82) is 0 Å². The van der Waals surface area contributed by atoms with E-state index in [2.05, 4.69) is 54.8 Å². The second kappa shape index (κ2) is 12.0. The van der Waals surface area contributed by atoms with E-state index in [1.54, 1.807) is 0 Å². The Labute approximate surface area is 246 Å². The molecule has 10 heteroatoms. The van der Waals surface area contributed by atoms with Crippen molar-refractivity contribution in [2.24, 2.45) is 0 Å². The Morgan fingerprint density at radius 3 is 2.43 bits per heavy atom. The molecule has 10 nitrogen and oxygen atoms in total. The van der Waals surface area contributed by atoms with Gasteiger partial charge in [0.15, 0.2) is 0 Å². The van der Waals surface area contributed by atoms with E-state index in [1.807, 2.05) is 75.9 Å². The van der Waals surface area contributed by atoms with Gasteiger partial charge in [0.1, 0.15) is 5.66 Å². The van der Waals surface area contributed by atoms with Crippen molar-refractivity contribution in [1.82, 2.24) is 25.9 Å². The lowest BCUT2D eigenvalue weighted by Gasteiger charge is -2.29. The van der Waals surface area contributed by atoms with Crippen molar-refractivity contribution < 1.29 is 9.53 Å². The maximum absolute atomic E-state index is 13.2. The van der Waals surface area contributed by atoms with Gasteiger partial charge >= 0.3 is 6.03 Å². The molecule has 6 rings (SSSR count). The number of hydrogen-bond acceptors (Lipinski definition) is 8. The van der Waals surface area contributed by atoms with Crippen LogP contribution in [0.2, 0.25) is 0 Å². The van der Waals surface area contributed by atoms with Crippen LogP contribution in [0.15, 0.2) is 72.9 Å². The smallest absolute Gasteiger partial charge is 0.323 e. The molecule has 1 fully saturated rings. The maximum Gasteiger partial charge on any atom is 0.323 e. The van der Waals surface area contributed by atoms with Gasteiger partial charge in [-0.3, -0.25) is 20.5 Å². The van der Waals surface area contributed by atoms with Crippen LogP contribution in [0.3, 0.4) is 0 Å². The van der Waals surface area contributed by atoms with Gasteiger partial charge in [0.25, 0.3) is 0 Å². The Morgan fingerprint density at radius 1 is 0.929 bits per heavy atom. The van der Waals surface area contributed by atoms with Crippen LogP contribution >= 0.6 is 0 Å². The van der Waals surface area contributed by atoms with Crippen LogP contribution in [0.5, 0.6) is 0 Å². The summed E-state index contributed by atoms with van der Waals surface area (Å²) in [5.74, 6) is 0. The first kappa shape index (κ1) is 28.1. The van der Waals surface area contributed by atoms with Crippen LogP contribution in [-0.4, -0.2) is 69.9 Å². The Bertz CT molecular complexity index is 1570. The van der Waals surface area contributed by atoms with Crippen molar-refractivity contribution in [3.05, 3.63) is 84.2 Å². The standard InChI is InChI=1S/C32H38N8O2/c1-33-32(34-2)21-40(35-3)30-13-10-23(18-28(30)32)37-31(41)38-29-12-11-25(26-6-4-5-7-27(26)29)22-8-9-24(36-19-22)20-39-14-16-42-17-15-39/h4-13,18-19,33-35H,14-17,20-21H2,1-3H3,(H2,37,38,41). The molecule has 0 spiro atoms. The topological polar surface area (TPSA) is 106 Å².